The Morgan fingerprint density at radius 1 is 1.25 bits per heavy atom. The van der Waals surface area contributed by atoms with Crippen molar-refractivity contribution in [1.29, 1.82) is 0 Å². The lowest BCUT2D eigenvalue weighted by Gasteiger charge is -2.43. The summed E-state index contributed by atoms with van der Waals surface area (Å²) in [5.74, 6) is 0. The first kappa shape index (κ1) is 14.2. The third-order valence-electron chi connectivity index (χ3n) is 4.13. The lowest BCUT2D eigenvalue weighted by Crippen LogP contribution is -2.41. The summed E-state index contributed by atoms with van der Waals surface area (Å²) in [4.78, 5) is 4.02. The molecule has 0 spiro atoms. The van der Waals surface area contributed by atoms with E-state index in [1.807, 2.05) is 11.8 Å². The molecule has 3 rings (SSSR count). The molecule has 110 valence electrons. The van der Waals surface area contributed by atoms with Gasteiger partial charge in [-0.05, 0) is 37.8 Å². The lowest BCUT2D eigenvalue weighted by atomic mass is 9.82. The maximum atomic E-state index is 12.8. The zero-order valence-electron chi connectivity index (χ0n) is 10.9. The molecular formula is C14H16F3NOS. The van der Waals surface area contributed by atoms with E-state index < -0.39 is 17.3 Å². The van der Waals surface area contributed by atoms with Crippen LogP contribution in [0.15, 0.2) is 18.3 Å². The first-order chi connectivity index (χ1) is 9.37. The Balaban J connectivity index is 1.91. The van der Waals surface area contributed by atoms with Gasteiger partial charge >= 0.3 is 6.18 Å². The zero-order valence-corrected chi connectivity index (χ0v) is 11.7. The number of halogens is 3. The Morgan fingerprint density at radius 3 is 2.50 bits per heavy atom. The standard InChI is InChI=1S/C14H16F3NOS/c15-14(16,17)9-4-5-18-12(6-9)13(19)7-10-2-1-3-11(8-13)20-10/h4-6,10-11,19H,1-3,7-8H2. The lowest BCUT2D eigenvalue weighted by molar-refractivity contribution is -0.137. The number of aromatic nitrogens is 1. The molecule has 3 heterocycles. The van der Waals surface area contributed by atoms with Crippen LogP contribution in [0, 0.1) is 0 Å². The van der Waals surface area contributed by atoms with E-state index in [0.29, 0.717) is 23.3 Å². The Morgan fingerprint density at radius 2 is 1.90 bits per heavy atom. The highest BCUT2D eigenvalue weighted by molar-refractivity contribution is 8.00. The van der Waals surface area contributed by atoms with Crippen molar-refractivity contribution < 1.29 is 18.3 Å². The van der Waals surface area contributed by atoms with Gasteiger partial charge in [0, 0.05) is 16.7 Å². The van der Waals surface area contributed by atoms with Crippen molar-refractivity contribution in [1.82, 2.24) is 4.98 Å². The number of aliphatic hydroxyl groups is 1. The summed E-state index contributed by atoms with van der Waals surface area (Å²) in [6.07, 6.45) is 0.964. The minimum Gasteiger partial charge on any atom is -0.383 e. The zero-order chi connectivity index (χ0) is 14.4. The highest BCUT2D eigenvalue weighted by Gasteiger charge is 2.44. The average molecular weight is 303 g/mol. The molecule has 1 aromatic rings. The molecule has 2 fully saturated rings. The van der Waals surface area contributed by atoms with Crippen LogP contribution in [-0.2, 0) is 11.8 Å². The number of nitrogens with zero attached hydrogens (tertiary/aromatic N) is 1. The number of hydrogen-bond donors (Lipinski definition) is 1. The molecular weight excluding hydrogens is 287 g/mol. The van der Waals surface area contributed by atoms with E-state index in [-0.39, 0.29) is 5.69 Å². The number of alkyl halides is 3. The molecule has 2 saturated heterocycles. The van der Waals surface area contributed by atoms with E-state index in [9.17, 15) is 18.3 Å². The fraction of sp³-hybridized carbons (Fsp3) is 0.643. The molecule has 0 amide bonds. The van der Waals surface area contributed by atoms with Gasteiger partial charge in [0.2, 0.25) is 0 Å². The summed E-state index contributed by atoms with van der Waals surface area (Å²) in [5.41, 5.74) is -1.77. The number of rotatable bonds is 1. The van der Waals surface area contributed by atoms with Crippen LogP contribution in [0.2, 0.25) is 0 Å². The van der Waals surface area contributed by atoms with Gasteiger partial charge < -0.3 is 5.11 Å². The van der Waals surface area contributed by atoms with Crippen LogP contribution < -0.4 is 0 Å². The summed E-state index contributed by atoms with van der Waals surface area (Å²) < 4.78 is 38.3. The predicted molar refractivity (Wildman–Crippen MR) is 71.4 cm³/mol. The van der Waals surface area contributed by atoms with Gasteiger partial charge in [-0.2, -0.15) is 24.9 Å². The van der Waals surface area contributed by atoms with Crippen molar-refractivity contribution in [3.63, 3.8) is 0 Å². The Kier molecular flexibility index (Phi) is 3.49. The Labute approximate surface area is 119 Å². The summed E-state index contributed by atoms with van der Waals surface area (Å²) in [6, 6.07) is 1.96. The minimum absolute atomic E-state index is 0.171. The van der Waals surface area contributed by atoms with Crippen LogP contribution in [0.5, 0.6) is 0 Å². The van der Waals surface area contributed by atoms with Gasteiger partial charge in [-0.15, -0.1) is 0 Å². The predicted octanol–water partition coefficient (Wildman–Crippen LogP) is 3.74. The third-order valence-corrected chi connectivity index (χ3v) is 5.71. The largest absolute Gasteiger partial charge is 0.416 e. The topological polar surface area (TPSA) is 33.1 Å². The SMILES string of the molecule is OC1(c2cc(C(F)(F)F)ccn2)CC2CCCC(C1)S2. The van der Waals surface area contributed by atoms with E-state index in [0.717, 1.165) is 37.6 Å². The van der Waals surface area contributed by atoms with E-state index in [2.05, 4.69) is 4.98 Å². The van der Waals surface area contributed by atoms with E-state index in [1.165, 1.54) is 0 Å². The maximum absolute atomic E-state index is 12.8. The smallest absolute Gasteiger partial charge is 0.383 e. The van der Waals surface area contributed by atoms with E-state index in [1.54, 1.807) is 0 Å². The van der Waals surface area contributed by atoms with Crippen LogP contribution in [0.4, 0.5) is 13.2 Å². The van der Waals surface area contributed by atoms with E-state index in [4.69, 9.17) is 0 Å². The second kappa shape index (κ2) is 4.91. The molecule has 2 nitrogen and oxygen atoms in total. The molecule has 6 heteroatoms. The van der Waals surface area contributed by atoms with Crippen LogP contribution in [0.3, 0.4) is 0 Å². The molecule has 0 saturated carbocycles. The van der Waals surface area contributed by atoms with Gasteiger partial charge in [0.05, 0.1) is 11.3 Å². The molecule has 20 heavy (non-hydrogen) atoms. The molecule has 2 atom stereocenters. The second-order valence-corrected chi connectivity index (χ2v) is 7.28. The van der Waals surface area contributed by atoms with Gasteiger partial charge in [0.15, 0.2) is 0 Å². The monoisotopic (exact) mass is 303 g/mol. The maximum Gasteiger partial charge on any atom is 0.416 e. The Hall–Kier alpha value is -0.750. The summed E-state index contributed by atoms with van der Waals surface area (Å²) in [5, 5.41) is 11.5. The molecule has 0 radical (unpaired) electrons. The van der Waals surface area contributed by atoms with Crippen molar-refractivity contribution in [2.45, 2.75) is 54.4 Å². The molecule has 2 aliphatic heterocycles. The number of hydrogen-bond acceptors (Lipinski definition) is 3. The average Bonchev–Trinajstić information content (AvgIpc) is 2.37. The van der Waals surface area contributed by atoms with Gasteiger partial charge in [0.25, 0.3) is 0 Å². The normalized spacial score (nSPS) is 34.0. The van der Waals surface area contributed by atoms with Crippen LogP contribution in [0.25, 0.3) is 0 Å². The molecule has 2 unspecified atom stereocenters. The third kappa shape index (κ3) is 2.68. The van der Waals surface area contributed by atoms with Gasteiger partial charge in [-0.1, -0.05) is 6.42 Å². The summed E-state index contributed by atoms with van der Waals surface area (Å²) in [6.45, 7) is 0. The molecule has 1 aromatic heterocycles. The molecule has 0 aromatic carbocycles. The van der Waals surface area contributed by atoms with Crippen molar-refractivity contribution in [3.8, 4) is 0 Å². The number of fused-ring (bicyclic) bond motifs is 2. The molecule has 1 N–H and O–H groups in total. The second-order valence-electron chi connectivity index (χ2n) is 5.68. The van der Waals surface area contributed by atoms with Crippen LogP contribution in [-0.4, -0.2) is 20.6 Å². The van der Waals surface area contributed by atoms with Crippen LogP contribution >= 0.6 is 11.8 Å². The minimum atomic E-state index is -4.40. The first-order valence-corrected chi connectivity index (χ1v) is 7.73. The Bertz CT molecular complexity index is 493. The van der Waals surface area contributed by atoms with Gasteiger partial charge in [-0.3, -0.25) is 4.98 Å². The van der Waals surface area contributed by atoms with Crippen molar-refractivity contribution in [3.05, 3.63) is 29.6 Å². The van der Waals surface area contributed by atoms with E-state index >= 15 is 0 Å². The summed E-state index contributed by atoms with van der Waals surface area (Å²) >= 11 is 1.87. The van der Waals surface area contributed by atoms with Gasteiger partial charge in [0.1, 0.15) is 5.60 Å². The number of pyridine rings is 1. The quantitative estimate of drug-likeness (QED) is 0.858. The fourth-order valence-corrected chi connectivity index (χ4v) is 5.08. The molecule has 2 aliphatic rings. The van der Waals surface area contributed by atoms with Gasteiger partial charge in [-0.25, -0.2) is 0 Å². The first-order valence-electron chi connectivity index (χ1n) is 6.78. The molecule has 2 bridgehead atoms. The molecule has 0 aliphatic carbocycles. The fourth-order valence-electron chi connectivity index (χ4n) is 3.19. The van der Waals surface area contributed by atoms with Crippen LogP contribution in [0.1, 0.15) is 43.4 Å². The van der Waals surface area contributed by atoms with Crippen molar-refractivity contribution in [2.75, 3.05) is 0 Å². The highest BCUT2D eigenvalue weighted by Crippen LogP contribution is 2.49. The van der Waals surface area contributed by atoms with Crippen molar-refractivity contribution >= 4 is 11.8 Å². The number of thioether (sulfide) groups is 1. The summed E-state index contributed by atoms with van der Waals surface area (Å²) in [7, 11) is 0. The van der Waals surface area contributed by atoms with Crippen molar-refractivity contribution in [2.24, 2.45) is 0 Å². The highest BCUT2D eigenvalue weighted by atomic mass is 32.2.